The molecular weight excluding hydrogens is 881 g/mol. The molecule has 0 N–H and O–H groups in total. The molecule has 1 heterocycles. The Kier molecular flexibility index (Phi) is 7.81. The van der Waals surface area contributed by atoms with Crippen LogP contribution >= 0.6 is 137 Å². The molecule has 0 aliphatic carbocycles. The van der Waals surface area contributed by atoms with Crippen LogP contribution in [0.3, 0.4) is 0 Å². The third-order valence-electron chi connectivity index (χ3n) is 1.05. The van der Waals surface area contributed by atoms with Crippen LogP contribution in [-0.4, -0.2) is 15.0 Å². The molecule has 1 rings (SSSR count). The molecule has 6 nitrogen and oxygen atoms in total. The third-order valence-corrected chi connectivity index (χ3v) is 3.64. The molecule has 0 unspecified atom stereocenters. The molecule has 0 aromatic carbocycles. The Morgan fingerprint density at radius 2 is 0.733 bits per heavy atom. The van der Waals surface area contributed by atoms with E-state index in [1.807, 2.05) is 0 Å². The highest BCUT2D eigenvalue weighted by atomic mass is 127. The summed E-state index contributed by atoms with van der Waals surface area (Å²) in [7, 11) is 0. The predicted octanol–water partition coefficient (Wildman–Crippen LogP) is 4.39. The van der Waals surface area contributed by atoms with Crippen molar-refractivity contribution >= 4 is 155 Å². The number of hydrogen-bond acceptors (Lipinski definition) is 6. The summed E-state index contributed by atoms with van der Waals surface area (Å²) < 4.78 is 5.37. The van der Waals surface area contributed by atoms with Crippen molar-refractivity contribution in [1.82, 2.24) is 15.0 Å². The van der Waals surface area contributed by atoms with Gasteiger partial charge in [0, 0.05) is 0 Å². The molecule has 0 amide bonds. The lowest BCUT2D eigenvalue weighted by molar-refractivity contribution is 1.08. The van der Waals surface area contributed by atoms with E-state index in [9.17, 15) is 0 Å². The minimum Gasteiger partial charge on any atom is -0.221 e. The molecule has 0 saturated carbocycles. The molecule has 1 aromatic heterocycles. The Morgan fingerprint density at radius 3 is 0.867 bits per heavy atom. The summed E-state index contributed by atoms with van der Waals surface area (Å²) in [6.07, 6.45) is 0. The van der Waals surface area contributed by atoms with Gasteiger partial charge in [-0.25, -0.2) is 3.98 Å². The van der Waals surface area contributed by atoms with Crippen LogP contribution in [0.2, 0.25) is 0 Å². The number of aromatic nitrogens is 3. The Labute approximate surface area is 170 Å². The van der Waals surface area contributed by atoms with Gasteiger partial charge in [-0.05, 0) is 0 Å². The number of anilines is 3. The second kappa shape index (κ2) is 7.40. The maximum Gasteiger partial charge on any atom is 0.250 e. The van der Waals surface area contributed by atoms with Gasteiger partial charge in [-0.3, -0.25) is 0 Å². The molecule has 0 aliphatic heterocycles. The first-order chi connectivity index (χ1) is 6.91. The van der Waals surface area contributed by atoms with E-state index in [-0.39, 0.29) is 0 Å². The minimum atomic E-state index is 0.618. The van der Waals surface area contributed by atoms with Crippen molar-refractivity contribution in [2.45, 2.75) is 0 Å². The van der Waals surface area contributed by atoms with Crippen LogP contribution in [0.5, 0.6) is 0 Å². The van der Waals surface area contributed by atoms with Crippen molar-refractivity contribution in [3.05, 3.63) is 0 Å². The molecule has 0 saturated heterocycles. The fourth-order valence-electron chi connectivity index (χ4n) is 0.570. The highest BCUT2D eigenvalue weighted by Gasteiger charge is 2.14. The van der Waals surface area contributed by atoms with Crippen molar-refractivity contribution < 1.29 is 0 Å². The van der Waals surface area contributed by atoms with Crippen LogP contribution in [0, 0.1) is 0 Å². The van der Waals surface area contributed by atoms with Crippen molar-refractivity contribution in [3.63, 3.8) is 0 Å². The van der Waals surface area contributed by atoms with E-state index in [4.69, 9.17) is 0 Å². The summed E-state index contributed by atoms with van der Waals surface area (Å²) in [6.45, 7) is 0. The molecule has 84 valence electrons. The Bertz CT molecular complexity index is 277. The molecule has 0 fully saturated rings. The van der Waals surface area contributed by atoms with E-state index < -0.39 is 0 Å². The number of halogens is 6. The zero-order valence-corrected chi connectivity index (χ0v) is 19.4. The summed E-state index contributed by atoms with van der Waals surface area (Å²) in [5, 5.41) is 0. The monoisotopic (exact) mass is 881 g/mol. The van der Waals surface area contributed by atoms with E-state index in [0.29, 0.717) is 17.8 Å². The Morgan fingerprint density at radius 1 is 0.533 bits per heavy atom. The highest BCUT2D eigenvalue weighted by molar-refractivity contribution is 14.2. The van der Waals surface area contributed by atoms with Gasteiger partial charge in [0.05, 0.1) is 137 Å². The molecular formula is C3I6N6. The van der Waals surface area contributed by atoms with Crippen LogP contribution in [0.25, 0.3) is 0 Å². The Hall–Kier alpha value is 2.79. The quantitative estimate of drug-likeness (QED) is 0.332. The average Bonchev–Trinajstić information content (AvgIpc) is 2.16. The van der Waals surface area contributed by atoms with E-state index >= 15 is 0 Å². The lowest BCUT2D eigenvalue weighted by Gasteiger charge is -2.12. The third kappa shape index (κ3) is 5.12. The van der Waals surface area contributed by atoms with Crippen molar-refractivity contribution in [3.8, 4) is 0 Å². The Balaban J connectivity index is 3.20. The zero-order valence-electron chi connectivity index (χ0n) is 6.45. The molecule has 12 heteroatoms. The van der Waals surface area contributed by atoms with Crippen LogP contribution < -0.4 is 3.98 Å². The molecule has 0 spiro atoms. The van der Waals surface area contributed by atoms with Crippen LogP contribution in [0.1, 0.15) is 0 Å². The first kappa shape index (κ1) is 15.8. The fraction of sp³-hybridized carbons (Fsp3) is 0. The first-order valence-corrected chi connectivity index (χ1v) is 8.82. The van der Waals surface area contributed by atoms with Gasteiger partial charge >= 0.3 is 0 Å². The van der Waals surface area contributed by atoms with Crippen LogP contribution in [0.15, 0.2) is 0 Å². The smallest absolute Gasteiger partial charge is 0.221 e. The van der Waals surface area contributed by atoms with E-state index in [1.165, 1.54) is 0 Å². The molecule has 0 atom stereocenters. The zero-order chi connectivity index (χ0) is 11.6. The van der Waals surface area contributed by atoms with Gasteiger partial charge in [0.25, 0.3) is 0 Å². The van der Waals surface area contributed by atoms with Crippen molar-refractivity contribution in [2.75, 3.05) is 3.98 Å². The van der Waals surface area contributed by atoms with Crippen LogP contribution in [0.4, 0.5) is 17.8 Å². The van der Waals surface area contributed by atoms with Crippen molar-refractivity contribution in [2.24, 2.45) is 0 Å². The maximum atomic E-state index is 4.28. The van der Waals surface area contributed by atoms with Gasteiger partial charge in [0.1, 0.15) is 0 Å². The van der Waals surface area contributed by atoms with Gasteiger partial charge in [-0.2, -0.15) is 15.0 Å². The van der Waals surface area contributed by atoms with Gasteiger partial charge in [0.15, 0.2) is 0 Å². The standard InChI is InChI=1S/C3I6N6/c4-13(5)1-10-2(14(6)7)12-3(11-1)15(8)9. The van der Waals surface area contributed by atoms with Gasteiger partial charge in [-0.15, -0.1) is 0 Å². The average molecular weight is 881 g/mol. The summed E-state index contributed by atoms with van der Waals surface area (Å²) in [6, 6.07) is 0. The molecule has 15 heavy (non-hydrogen) atoms. The summed E-state index contributed by atoms with van der Waals surface area (Å²) in [5.41, 5.74) is 0. The van der Waals surface area contributed by atoms with Gasteiger partial charge in [-0.1, -0.05) is 0 Å². The van der Waals surface area contributed by atoms with E-state index in [2.05, 4.69) is 152 Å². The largest absolute Gasteiger partial charge is 0.250 e. The lowest BCUT2D eigenvalue weighted by atomic mass is 10.8. The molecule has 1 aromatic rings. The van der Waals surface area contributed by atoms with Crippen LogP contribution in [-0.2, 0) is 0 Å². The van der Waals surface area contributed by atoms with Gasteiger partial charge < -0.3 is 0 Å². The normalized spacial score (nSPS) is 10.0. The number of hydrogen-bond donors (Lipinski definition) is 0. The SMILES string of the molecule is IN(I)c1nc(N(I)I)nc(N(I)I)n1. The van der Waals surface area contributed by atoms with Gasteiger partial charge in [0.2, 0.25) is 17.8 Å². The number of nitrogens with zero attached hydrogens (tertiary/aromatic N) is 6. The summed E-state index contributed by atoms with van der Waals surface area (Å²) in [4.78, 5) is 12.8. The second-order valence-electron chi connectivity index (χ2n) is 1.93. The molecule has 0 radical (unpaired) electrons. The lowest BCUT2D eigenvalue weighted by Crippen LogP contribution is -2.08. The first-order valence-electron chi connectivity index (χ1n) is 3.03. The van der Waals surface area contributed by atoms with E-state index in [0.717, 1.165) is 0 Å². The summed E-state index contributed by atoms with van der Waals surface area (Å²) in [5.74, 6) is 1.86. The summed E-state index contributed by atoms with van der Waals surface area (Å²) >= 11 is 12.7. The second-order valence-corrected chi connectivity index (χ2v) is 13.3. The predicted molar refractivity (Wildman–Crippen MR) is 111 cm³/mol. The maximum absolute atomic E-state index is 4.28. The van der Waals surface area contributed by atoms with Crippen molar-refractivity contribution in [1.29, 1.82) is 0 Å². The minimum absolute atomic E-state index is 0.618. The molecule has 0 bridgehead atoms. The van der Waals surface area contributed by atoms with E-state index in [1.54, 1.807) is 3.98 Å². The highest BCUT2D eigenvalue weighted by Crippen LogP contribution is 2.28. The fourth-order valence-corrected chi connectivity index (χ4v) is 1.86. The number of rotatable bonds is 3. The molecule has 0 aliphatic rings. The topological polar surface area (TPSA) is 48.4 Å².